The molecule has 11 heteroatoms. The number of carbonyl (C=O) groups excluding carboxylic acids is 1. The van der Waals surface area contributed by atoms with Crippen LogP contribution < -0.4 is 0 Å². The molecular formula is C15H17BrF3N4O3+. The fourth-order valence-electron chi connectivity index (χ4n) is 2.69. The first-order chi connectivity index (χ1) is 12.0. The number of likely N-dealkylation sites (tertiary alicyclic amines) is 1. The van der Waals surface area contributed by atoms with Crippen LogP contribution in [0.1, 0.15) is 12.8 Å². The molecule has 1 fully saturated rings. The highest BCUT2D eigenvalue weighted by molar-refractivity contribution is 9.18. The number of rotatable bonds is 1. The number of amidine groups is 1. The normalized spacial score (nSPS) is 27.8. The Morgan fingerprint density at radius 1 is 1.46 bits per heavy atom. The molecule has 0 aromatic carbocycles. The van der Waals surface area contributed by atoms with Gasteiger partial charge in [-0.3, -0.25) is 9.79 Å². The molecule has 26 heavy (non-hydrogen) atoms. The molecule has 0 saturated carbocycles. The molecule has 2 atom stereocenters. The van der Waals surface area contributed by atoms with Crippen molar-refractivity contribution in [3.05, 3.63) is 23.8 Å². The van der Waals surface area contributed by atoms with Gasteiger partial charge in [0.1, 0.15) is 11.9 Å². The van der Waals surface area contributed by atoms with Crippen molar-refractivity contribution in [2.45, 2.75) is 19.0 Å². The summed E-state index contributed by atoms with van der Waals surface area (Å²) in [6.07, 6.45) is 2.05. The summed E-state index contributed by atoms with van der Waals surface area (Å²) in [5, 5.41) is 7.12. The number of carbonyl (C=O) groups is 2. The topological polar surface area (TPSA) is 82.3 Å². The van der Waals surface area contributed by atoms with Gasteiger partial charge in [-0.25, -0.2) is 9.28 Å². The summed E-state index contributed by atoms with van der Waals surface area (Å²) in [7, 11) is 3.92. The van der Waals surface area contributed by atoms with Gasteiger partial charge in [0.15, 0.2) is 5.70 Å². The van der Waals surface area contributed by atoms with Crippen LogP contribution in [0.25, 0.3) is 0 Å². The lowest BCUT2D eigenvalue weighted by Gasteiger charge is -2.29. The fourth-order valence-corrected chi connectivity index (χ4v) is 3.19. The first-order valence-corrected chi connectivity index (χ1v) is 8.36. The minimum absolute atomic E-state index is 0.195. The van der Waals surface area contributed by atoms with Crippen LogP contribution in [-0.4, -0.2) is 64.1 Å². The zero-order valence-electron chi connectivity index (χ0n) is 14.0. The summed E-state index contributed by atoms with van der Waals surface area (Å²) in [6.45, 7) is 0.796. The largest absolute Gasteiger partial charge is 0.490 e. The lowest BCUT2D eigenvalue weighted by atomic mass is 9.92. The SMILES string of the molecule is CN1CCC(C2=C3C=NC=C[N+]3(C)C(Br)=N2)CC1=O.O=C(O)C(F)(F)F. The predicted octanol–water partition coefficient (Wildman–Crippen LogP) is 2.47. The molecule has 0 aromatic heterocycles. The fraction of sp³-hybridized carbons (Fsp3) is 0.467. The summed E-state index contributed by atoms with van der Waals surface area (Å²) < 4.78 is 33.1. The lowest BCUT2D eigenvalue weighted by Crippen LogP contribution is -2.40. The molecule has 0 bridgehead atoms. The summed E-state index contributed by atoms with van der Waals surface area (Å²) in [5.41, 5.74) is 2.07. The second-order valence-electron chi connectivity index (χ2n) is 6.11. The smallest absolute Gasteiger partial charge is 0.475 e. The Kier molecular flexibility index (Phi) is 5.71. The number of amides is 1. The lowest BCUT2D eigenvalue weighted by molar-refractivity contribution is -0.709. The molecule has 3 heterocycles. The number of nitrogens with zero attached hydrogens (tertiary/aromatic N) is 4. The number of allylic oxidation sites excluding steroid dienone is 2. The van der Waals surface area contributed by atoms with Crippen LogP contribution in [-0.2, 0) is 9.59 Å². The van der Waals surface area contributed by atoms with Gasteiger partial charge < -0.3 is 10.0 Å². The van der Waals surface area contributed by atoms with E-state index in [1.54, 1.807) is 11.1 Å². The Bertz CT molecular complexity index is 745. The molecule has 0 radical (unpaired) electrons. The zero-order chi connectivity index (χ0) is 19.7. The van der Waals surface area contributed by atoms with Crippen molar-refractivity contribution in [2.24, 2.45) is 15.9 Å². The third kappa shape index (κ3) is 4.04. The summed E-state index contributed by atoms with van der Waals surface area (Å²) >= 11 is 3.54. The number of hydrogen-bond acceptors (Lipinski definition) is 4. The van der Waals surface area contributed by atoms with E-state index < -0.39 is 12.1 Å². The van der Waals surface area contributed by atoms with Crippen LogP contribution in [0.3, 0.4) is 0 Å². The molecule has 1 N–H and O–H groups in total. The maximum Gasteiger partial charge on any atom is 0.490 e. The van der Waals surface area contributed by atoms with E-state index >= 15 is 0 Å². The van der Waals surface area contributed by atoms with Crippen LogP contribution in [0.5, 0.6) is 0 Å². The molecule has 1 amide bonds. The third-order valence-electron chi connectivity index (χ3n) is 4.30. The van der Waals surface area contributed by atoms with Crippen molar-refractivity contribution in [2.75, 3.05) is 20.6 Å². The van der Waals surface area contributed by atoms with E-state index in [-0.39, 0.29) is 11.8 Å². The highest BCUT2D eigenvalue weighted by Crippen LogP contribution is 2.38. The van der Waals surface area contributed by atoms with Gasteiger partial charge in [0, 0.05) is 41.9 Å². The Labute approximate surface area is 155 Å². The molecule has 0 spiro atoms. The molecule has 142 valence electrons. The zero-order valence-corrected chi connectivity index (χ0v) is 15.6. The van der Waals surface area contributed by atoms with E-state index in [0.29, 0.717) is 10.9 Å². The molecule has 3 aliphatic rings. The minimum atomic E-state index is -5.08. The van der Waals surface area contributed by atoms with Crippen LogP contribution >= 0.6 is 15.9 Å². The summed E-state index contributed by atoms with van der Waals surface area (Å²) in [6, 6.07) is 0. The number of aliphatic imine (C=N–C) groups is 2. The average molecular weight is 438 g/mol. The van der Waals surface area contributed by atoms with Gasteiger partial charge in [-0.15, -0.1) is 0 Å². The van der Waals surface area contributed by atoms with E-state index in [9.17, 15) is 18.0 Å². The van der Waals surface area contributed by atoms with E-state index in [1.807, 2.05) is 19.5 Å². The van der Waals surface area contributed by atoms with Crippen molar-refractivity contribution >= 4 is 38.8 Å². The van der Waals surface area contributed by atoms with Crippen LogP contribution in [0.4, 0.5) is 13.2 Å². The van der Waals surface area contributed by atoms with Crippen molar-refractivity contribution in [1.29, 1.82) is 0 Å². The van der Waals surface area contributed by atoms with Crippen LogP contribution in [0, 0.1) is 5.92 Å². The van der Waals surface area contributed by atoms with E-state index in [1.165, 1.54) is 0 Å². The highest BCUT2D eigenvalue weighted by atomic mass is 79.9. The maximum atomic E-state index is 11.9. The Hall–Kier alpha value is -2.01. The molecule has 0 aromatic rings. The van der Waals surface area contributed by atoms with E-state index in [2.05, 4.69) is 33.0 Å². The number of carboxylic acids is 1. The summed E-state index contributed by atoms with van der Waals surface area (Å²) in [5.74, 6) is -2.36. The second kappa shape index (κ2) is 7.31. The molecular weight excluding hydrogens is 421 g/mol. The number of piperidine rings is 1. The molecule has 3 aliphatic heterocycles. The van der Waals surface area contributed by atoms with Gasteiger partial charge in [0.05, 0.1) is 19.5 Å². The number of carboxylic acid groups (broad SMARTS) is 1. The maximum absolute atomic E-state index is 11.9. The van der Waals surface area contributed by atoms with E-state index in [0.717, 1.165) is 29.1 Å². The quantitative estimate of drug-likeness (QED) is 0.505. The third-order valence-corrected chi connectivity index (χ3v) is 5.21. The van der Waals surface area contributed by atoms with Crippen molar-refractivity contribution < 1.29 is 32.3 Å². The van der Waals surface area contributed by atoms with Crippen molar-refractivity contribution in [3.8, 4) is 0 Å². The second-order valence-corrected chi connectivity index (χ2v) is 6.82. The van der Waals surface area contributed by atoms with Crippen molar-refractivity contribution in [1.82, 2.24) is 4.90 Å². The van der Waals surface area contributed by atoms with E-state index in [4.69, 9.17) is 9.90 Å². The predicted molar refractivity (Wildman–Crippen MR) is 91.3 cm³/mol. The van der Waals surface area contributed by atoms with Gasteiger partial charge in [-0.1, -0.05) is 0 Å². The van der Waals surface area contributed by atoms with Gasteiger partial charge in [-0.05, 0) is 6.42 Å². The standard InChI is InChI=1S/C13H16BrN4O.C2HF3O2/c1-17-5-3-9(7-11(17)19)12-10-8-15-4-6-18(10,2)13(14)16-12;3-2(4,5)1(6)7/h4,6,8-9H,3,5,7H2,1-2H3;(H,6,7)/q+1;. The molecule has 0 aliphatic carbocycles. The summed E-state index contributed by atoms with van der Waals surface area (Å²) in [4.78, 5) is 31.4. The molecule has 3 rings (SSSR count). The van der Waals surface area contributed by atoms with Crippen molar-refractivity contribution in [3.63, 3.8) is 0 Å². The van der Waals surface area contributed by atoms with Crippen LogP contribution in [0.2, 0.25) is 0 Å². The number of aliphatic carboxylic acids is 1. The average Bonchev–Trinajstić information content (AvgIpc) is 2.81. The van der Waals surface area contributed by atoms with Gasteiger partial charge in [-0.2, -0.15) is 18.2 Å². The number of alkyl halides is 3. The first-order valence-electron chi connectivity index (χ1n) is 7.57. The molecule has 7 nitrogen and oxygen atoms in total. The van der Waals surface area contributed by atoms with Crippen LogP contribution in [0.15, 0.2) is 33.8 Å². The monoisotopic (exact) mass is 437 g/mol. The Morgan fingerprint density at radius 2 is 2.08 bits per heavy atom. The first kappa shape index (κ1) is 20.3. The highest BCUT2D eigenvalue weighted by Gasteiger charge is 2.43. The van der Waals surface area contributed by atoms with Gasteiger partial charge >= 0.3 is 12.1 Å². The Balaban J connectivity index is 0.000000298. The number of quaternary nitrogens is 1. The number of fused-ring (bicyclic) bond motifs is 1. The van der Waals surface area contributed by atoms with Gasteiger partial charge in [0.25, 0.3) is 4.74 Å². The Morgan fingerprint density at radius 3 is 2.62 bits per heavy atom. The van der Waals surface area contributed by atoms with Gasteiger partial charge in [0.2, 0.25) is 5.91 Å². The minimum Gasteiger partial charge on any atom is -0.475 e. The number of hydrogen-bond donors (Lipinski definition) is 1. The number of halogens is 4. The molecule has 1 saturated heterocycles. The molecule has 2 unspecified atom stereocenters.